The van der Waals surface area contributed by atoms with E-state index in [9.17, 15) is 13.2 Å². The zero-order valence-electron chi connectivity index (χ0n) is 9.20. The summed E-state index contributed by atoms with van der Waals surface area (Å²) in [5.41, 5.74) is 5.03. The lowest BCUT2D eigenvalue weighted by atomic mass is 10.1. The Morgan fingerprint density at radius 3 is 2.53 bits per heavy atom. The fraction of sp³-hybridized carbons (Fsp3) is 0.889. The third kappa shape index (κ3) is 4.39. The van der Waals surface area contributed by atoms with Crippen molar-refractivity contribution >= 4 is 5.84 Å². The van der Waals surface area contributed by atoms with Crippen molar-refractivity contribution in [1.82, 2.24) is 5.32 Å². The van der Waals surface area contributed by atoms with Crippen LogP contribution in [0.3, 0.4) is 0 Å². The van der Waals surface area contributed by atoms with Gasteiger partial charge in [0, 0.05) is 25.8 Å². The third-order valence-electron chi connectivity index (χ3n) is 2.70. The Kier molecular flexibility index (Phi) is 5.01. The van der Waals surface area contributed by atoms with Crippen LogP contribution in [-0.2, 0) is 4.74 Å². The summed E-state index contributed by atoms with van der Waals surface area (Å²) in [5, 5.41) is 13.5. The highest BCUT2D eigenvalue weighted by atomic mass is 19.4. The first-order valence-corrected chi connectivity index (χ1v) is 5.30. The Morgan fingerprint density at radius 2 is 2.06 bits per heavy atom. The second-order valence-corrected chi connectivity index (χ2v) is 3.91. The fourth-order valence-corrected chi connectivity index (χ4v) is 1.64. The first-order chi connectivity index (χ1) is 7.95. The summed E-state index contributed by atoms with van der Waals surface area (Å²) in [5.74, 6) is -2.78. The van der Waals surface area contributed by atoms with Crippen molar-refractivity contribution in [2.45, 2.75) is 25.1 Å². The van der Waals surface area contributed by atoms with Gasteiger partial charge in [0.05, 0.1) is 0 Å². The highest BCUT2D eigenvalue weighted by Crippen LogP contribution is 2.26. The molecule has 0 aromatic carbocycles. The average Bonchev–Trinajstić information content (AvgIpc) is 2.28. The van der Waals surface area contributed by atoms with Crippen molar-refractivity contribution < 1.29 is 23.1 Å². The van der Waals surface area contributed by atoms with E-state index in [2.05, 4.69) is 10.5 Å². The van der Waals surface area contributed by atoms with Crippen LogP contribution in [0.15, 0.2) is 5.16 Å². The van der Waals surface area contributed by atoms with Gasteiger partial charge < -0.3 is 21.0 Å². The molecule has 1 unspecified atom stereocenters. The molecule has 8 heteroatoms. The van der Waals surface area contributed by atoms with Crippen molar-refractivity contribution in [2.75, 3.05) is 19.8 Å². The molecule has 0 amide bonds. The molecule has 1 saturated heterocycles. The Balaban J connectivity index is 2.49. The number of oxime groups is 1. The van der Waals surface area contributed by atoms with Crippen LogP contribution in [0, 0.1) is 5.92 Å². The van der Waals surface area contributed by atoms with Crippen molar-refractivity contribution in [3.05, 3.63) is 0 Å². The minimum Gasteiger partial charge on any atom is -0.409 e. The molecular weight excluding hydrogens is 239 g/mol. The summed E-state index contributed by atoms with van der Waals surface area (Å²) in [6.45, 7) is 0.694. The van der Waals surface area contributed by atoms with Crippen LogP contribution in [0.25, 0.3) is 0 Å². The van der Waals surface area contributed by atoms with Crippen LogP contribution in [0.5, 0.6) is 0 Å². The highest BCUT2D eigenvalue weighted by molar-refractivity contribution is 5.83. The summed E-state index contributed by atoms with van der Waals surface area (Å²) in [7, 11) is 0. The van der Waals surface area contributed by atoms with E-state index in [0.29, 0.717) is 26.1 Å². The van der Waals surface area contributed by atoms with Gasteiger partial charge in [-0.3, -0.25) is 0 Å². The first kappa shape index (κ1) is 14.0. The van der Waals surface area contributed by atoms with E-state index in [1.54, 1.807) is 0 Å². The summed E-state index contributed by atoms with van der Waals surface area (Å²) >= 11 is 0. The summed E-state index contributed by atoms with van der Waals surface area (Å²) in [4.78, 5) is 0. The van der Waals surface area contributed by atoms with Crippen LogP contribution >= 0.6 is 0 Å². The quantitative estimate of drug-likeness (QED) is 0.299. The van der Waals surface area contributed by atoms with Gasteiger partial charge in [0.25, 0.3) is 0 Å². The lowest BCUT2D eigenvalue weighted by molar-refractivity contribution is -0.155. The molecule has 1 rings (SSSR count). The molecule has 5 nitrogen and oxygen atoms in total. The van der Waals surface area contributed by atoms with Gasteiger partial charge in [0.1, 0.15) is 5.92 Å². The Hall–Kier alpha value is -1.02. The number of amidine groups is 1. The molecule has 100 valence electrons. The second kappa shape index (κ2) is 6.06. The molecule has 0 radical (unpaired) electrons. The highest BCUT2D eigenvalue weighted by Gasteiger charge is 2.42. The number of nitrogens with two attached hydrogens (primary N) is 1. The molecule has 1 fully saturated rings. The number of hydrogen-bond donors (Lipinski definition) is 3. The van der Waals surface area contributed by atoms with Gasteiger partial charge in [0.2, 0.25) is 0 Å². The van der Waals surface area contributed by atoms with E-state index < -0.39 is 17.9 Å². The summed E-state index contributed by atoms with van der Waals surface area (Å²) < 4.78 is 42.8. The monoisotopic (exact) mass is 255 g/mol. The van der Waals surface area contributed by atoms with Crippen molar-refractivity contribution in [3.8, 4) is 0 Å². The smallest absolute Gasteiger partial charge is 0.400 e. The van der Waals surface area contributed by atoms with Gasteiger partial charge in [-0.2, -0.15) is 13.2 Å². The summed E-state index contributed by atoms with van der Waals surface area (Å²) in [6.07, 6.45) is -3.18. The normalized spacial score (nSPS) is 21.5. The third-order valence-corrected chi connectivity index (χ3v) is 2.70. The lowest BCUT2D eigenvalue weighted by Gasteiger charge is -2.26. The Labute approximate surface area is 96.8 Å². The van der Waals surface area contributed by atoms with Crippen molar-refractivity contribution in [3.63, 3.8) is 0 Å². The van der Waals surface area contributed by atoms with Crippen LogP contribution < -0.4 is 11.1 Å². The molecule has 1 aliphatic rings. The fourth-order valence-electron chi connectivity index (χ4n) is 1.64. The first-order valence-electron chi connectivity index (χ1n) is 5.30. The predicted octanol–water partition coefficient (Wildman–Crippen LogP) is 0.680. The van der Waals surface area contributed by atoms with E-state index in [4.69, 9.17) is 15.7 Å². The molecule has 0 aromatic rings. The standard InChI is InChI=1S/C9H16F3N3O2/c10-9(11,12)7(8(13)15-16)5-14-6-1-3-17-4-2-6/h6-7,14,16H,1-5H2,(H2,13,15). The number of halogens is 3. The number of ether oxygens (including phenoxy) is 1. The molecule has 0 aliphatic carbocycles. The van der Waals surface area contributed by atoms with Crippen molar-refractivity contribution in [1.29, 1.82) is 0 Å². The maximum Gasteiger partial charge on any atom is 0.400 e. The van der Waals surface area contributed by atoms with Crippen molar-refractivity contribution in [2.24, 2.45) is 16.8 Å². The van der Waals surface area contributed by atoms with Gasteiger partial charge in [-0.05, 0) is 12.8 Å². The molecule has 1 atom stereocenters. The number of nitrogens with one attached hydrogen (secondary N) is 1. The van der Waals surface area contributed by atoms with Gasteiger partial charge in [-0.15, -0.1) is 0 Å². The van der Waals surface area contributed by atoms with Crippen LogP contribution in [0.4, 0.5) is 13.2 Å². The molecule has 0 saturated carbocycles. The molecule has 1 aliphatic heterocycles. The van der Waals surface area contributed by atoms with E-state index in [1.165, 1.54) is 0 Å². The maximum atomic E-state index is 12.6. The second-order valence-electron chi connectivity index (χ2n) is 3.91. The number of rotatable bonds is 4. The SMILES string of the molecule is NC(=NO)C(CNC1CCOCC1)C(F)(F)F. The van der Waals surface area contributed by atoms with Crippen LogP contribution in [-0.4, -0.2) is 43.0 Å². The van der Waals surface area contributed by atoms with Gasteiger partial charge in [0.15, 0.2) is 5.84 Å². The molecule has 0 spiro atoms. The Bertz CT molecular complexity index is 265. The minimum atomic E-state index is -4.52. The van der Waals surface area contributed by atoms with E-state index in [1.807, 2.05) is 0 Å². The number of hydrogen-bond acceptors (Lipinski definition) is 4. The average molecular weight is 255 g/mol. The number of nitrogens with zero attached hydrogens (tertiary/aromatic N) is 1. The molecule has 17 heavy (non-hydrogen) atoms. The lowest BCUT2D eigenvalue weighted by Crippen LogP contribution is -2.46. The topological polar surface area (TPSA) is 79.9 Å². The van der Waals surface area contributed by atoms with E-state index in [0.717, 1.165) is 0 Å². The Morgan fingerprint density at radius 1 is 1.47 bits per heavy atom. The molecule has 1 heterocycles. The molecule has 0 aromatic heterocycles. The summed E-state index contributed by atoms with van der Waals surface area (Å²) in [6, 6.07) is -0.0138. The van der Waals surface area contributed by atoms with Gasteiger partial charge >= 0.3 is 6.18 Å². The van der Waals surface area contributed by atoms with E-state index >= 15 is 0 Å². The predicted molar refractivity (Wildman–Crippen MR) is 54.8 cm³/mol. The molecule has 0 bridgehead atoms. The number of alkyl halides is 3. The zero-order chi connectivity index (χ0) is 12.9. The van der Waals surface area contributed by atoms with Crippen LogP contribution in [0.1, 0.15) is 12.8 Å². The zero-order valence-corrected chi connectivity index (χ0v) is 9.20. The maximum absolute atomic E-state index is 12.6. The van der Waals surface area contributed by atoms with Gasteiger partial charge in [-0.1, -0.05) is 5.16 Å². The molecular formula is C9H16F3N3O2. The van der Waals surface area contributed by atoms with E-state index in [-0.39, 0.29) is 12.6 Å². The minimum absolute atomic E-state index is 0.0138. The van der Waals surface area contributed by atoms with Gasteiger partial charge in [-0.25, -0.2) is 0 Å². The van der Waals surface area contributed by atoms with Crippen LogP contribution in [0.2, 0.25) is 0 Å². The molecule has 4 N–H and O–H groups in total. The largest absolute Gasteiger partial charge is 0.409 e.